The van der Waals surface area contributed by atoms with Gasteiger partial charge in [-0.05, 0) is 37.5 Å². The lowest BCUT2D eigenvalue weighted by Gasteiger charge is -2.28. The second kappa shape index (κ2) is 7.99. The Morgan fingerprint density at radius 2 is 2.24 bits per heavy atom. The van der Waals surface area contributed by atoms with Crippen molar-refractivity contribution < 1.29 is 9.53 Å². The van der Waals surface area contributed by atoms with Gasteiger partial charge in [0.05, 0.1) is 12.1 Å². The Kier molecular flexibility index (Phi) is 6.94. The average molecular weight is 333 g/mol. The molecule has 118 valence electrons. The van der Waals surface area contributed by atoms with Crippen LogP contribution in [0.3, 0.4) is 0 Å². The maximum atomic E-state index is 12.4. The molecule has 0 bridgehead atoms. The summed E-state index contributed by atoms with van der Waals surface area (Å²) in [5.74, 6) is 0.00780. The van der Waals surface area contributed by atoms with Gasteiger partial charge in [-0.2, -0.15) is 0 Å². The molecule has 21 heavy (non-hydrogen) atoms. The molecule has 0 spiro atoms. The Morgan fingerprint density at radius 3 is 2.81 bits per heavy atom. The minimum Gasteiger partial charge on any atom is -0.364 e. The van der Waals surface area contributed by atoms with E-state index in [0.29, 0.717) is 11.6 Å². The molecule has 1 saturated heterocycles. The average Bonchev–Trinajstić information content (AvgIpc) is 2.93. The summed E-state index contributed by atoms with van der Waals surface area (Å²) in [5, 5.41) is 0.676. The van der Waals surface area contributed by atoms with Crippen molar-refractivity contribution in [2.45, 2.75) is 38.0 Å². The number of rotatable bonds is 4. The first-order valence-corrected chi connectivity index (χ1v) is 7.28. The van der Waals surface area contributed by atoms with Crippen LogP contribution in [0.25, 0.3) is 0 Å². The molecule has 0 aromatic heterocycles. The van der Waals surface area contributed by atoms with Crippen molar-refractivity contribution in [3.8, 4) is 0 Å². The topological polar surface area (TPSA) is 55.6 Å². The van der Waals surface area contributed by atoms with Crippen LogP contribution in [0.5, 0.6) is 0 Å². The molecule has 3 atom stereocenters. The molecule has 1 unspecified atom stereocenters. The molecule has 2 N–H and O–H groups in total. The van der Waals surface area contributed by atoms with E-state index in [1.807, 2.05) is 31.2 Å². The van der Waals surface area contributed by atoms with Gasteiger partial charge in [0.1, 0.15) is 6.10 Å². The van der Waals surface area contributed by atoms with Crippen molar-refractivity contribution in [3.63, 3.8) is 0 Å². The van der Waals surface area contributed by atoms with Gasteiger partial charge in [-0.3, -0.25) is 4.79 Å². The monoisotopic (exact) mass is 332 g/mol. The first kappa shape index (κ1) is 18.2. The van der Waals surface area contributed by atoms with Gasteiger partial charge in [0, 0.05) is 18.6 Å². The Bertz CT molecular complexity index is 484. The van der Waals surface area contributed by atoms with E-state index in [4.69, 9.17) is 22.1 Å². The molecule has 1 aliphatic rings. The summed E-state index contributed by atoms with van der Waals surface area (Å²) in [5.41, 5.74) is 6.59. The highest BCUT2D eigenvalue weighted by molar-refractivity contribution is 6.30. The van der Waals surface area contributed by atoms with Crippen LogP contribution in [-0.2, 0) is 9.53 Å². The molecule has 1 heterocycles. The molecule has 6 heteroatoms. The summed E-state index contributed by atoms with van der Waals surface area (Å²) in [7, 11) is 1.80. The first-order valence-electron chi connectivity index (χ1n) is 6.90. The Hall–Kier alpha value is -0.810. The number of carbonyl (C=O) groups excluding carboxylic acids is 1. The van der Waals surface area contributed by atoms with Crippen LogP contribution in [0.15, 0.2) is 24.3 Å². The summed E-state index contributed by atoms with van der Waals surface area (Å²) in [6.07, 6.45) is 1.24. The second-order valence-corrected chi connectivity index (χ2v) is 5.68. The van der Waals surface area contributed by atoms with Crippen LogP contribution in [-0.4, -0.2) is 36.6 Å². The number of ether oxygens (including phenoxy) is 1. The molecule has 0 saturated carbocycles. The largest absolute Gasteiger partial charge is 0.364 e. The lowest BCUT2D eigenvalue weighted by atomic mass is 10.1. The first-order chi connectivity index (χ1) is 9.52. The van der Waals surface area contributed by atoms with Crippen LogP contribution in [0.4, 0.5) is 0 Å². The maximum absolute atomic E-state index is 12.4. The molecule has 0 radical (unpaired) electrons. The third kappa shape index (κ3) is 4.33. The normalized spacial score (nSPS) is 22.5. The van der Waals surface area contributed by atoms with Gasteiger partial charge < -0.3 is 15.4 Å². The number of nitrogens with two attached hydrogens (primary N) is 1. The Labute approximate surface area is 137 Å². The number of likely N-dealkylation sites (N-methyl/N-ethyl adjacent to an activating group) is 1. The number of hydrogen-bond donors (Lipinski definition) is 1. The summed E-state index contributed by atoms with van der Waals surface area (Å²) >= 11 is 6.00. The van der Waals surface area contributed by atoms with Crippen molar-refractivity contribution in [2.75, 3.05) is 13.6 Å². The van der Waals surface area contributed by atoms with Crippen molar-refractivity contribution in [1.29, 1.82) is 0 Å². The van der Waals surface area contributed by atoms with E-state index in [9.17, 15) is 4.79 Å². The highest BCUT2D eigenvalue weighted by atomic mass is 35.5. The smallest absolute Gasteiger partial charge is 0.251 e. The zero-order valence-electron chi connectivity index (χ0n) is 12.3. The van der Waals surface area contributed by atoms with Gasteiger partial charge in [0.2, 0.25) is 0 Å². The standard InChI is InChI=1S/C15H21ClN2O2.ClH/c1-10(11-4-3-5-12(16)8-11)18(2)15(19)14-7-6-13(9-17)20-14;/h3-5,8,10,13-14H,6-7,9,17H2,1-2H3;1H/t10?,13-,14+;/m1./s1. The molecular formula is C15H22Cl2N2O2. The quantitative estimate of drug-likeness (QED) is 0.922. The fraction of sp³-hybridized carbons (Fsp3) is 0.533. The van der Waals surface area contributed by atoms with E-state index in [1.165, 1.54) is 0 Å². The Balaban J connectivity index is 0.00000220. The lowest BCUT2D eigenvalue weighted by molar-refractivity contribution is -0.143. The molecule has 1 amide bonds. The molecular weight excluding hydrogens is 311 g/mol. The highest BCUT2D eigenvalue weighted by Gasteiger charge is 2.33. The SMILES string of the molecule is CC(c1cccc(Cl)c1)N(C)C(=O)[C@@H]1CC[C@H](CN)O1.Cl. The summed E-state index contributed by atoms with van der Waals surface area (Å²) in [6, 6.07) is 7.53. The van der Waals surface area contributed by atoms with Crippen molar-refractivity contribution in [2.24, 2.45) is 5.73 Å². The van der Waals surface area contributed by atoms with Crippen LogP contribution in [0.1, 0.15) is 31.4 Å². The van der Waals surface area contributed by atoms with E-state index in [0.717, 1.165) is 18.4 Å². The second-order valence-electron chi connectivity index (χ2n) is 5.24. The van der Waals surface area contributed by atoms with E-state index in [-0.39, 0.29) is 36.6 Å². The Morgan fingerprint density at radius 1 is 1.52 bits per heavy atom. The number of amides is 1. The minimum absolute atomic E-state index is 0. The predicted octanol–water partition coefficient (Wildman–Crippen LogP) is 2.79. The zero-order valence-corrected chi connectivity index (χ0v) is 13.9. The van der Waals surface area contributed by atoms with E-state index in [2.05, 4.69) is 0 Å². The lowest BCUT2D eigenvalue weighted by Crippen LogP contribution is -2.38. The highest BCUT2D eigenvalue weighted by Crippen LogP contribution is 2.26. The fourth-order valence-corrected chi connectivity index (χ4v) is 2.67. The van der Waals surface area contributed by atoms with E-state index >= 15 is 0 Å². The van der Waals surface area contributed by atoms with E-state index in [1.54, 1.807) is 11.9 Å². The van der Waals surface area contributed by atoms with Gasteiger partial charge >= 0.3 is 0 Å². The van der Waals surface area contributed by atoms with Gasteiger partial charge in [0.25, 0.3) is 5.91 Å². The molecule has 4 nitrogen and oxygen atoms in total. The van der Waals surface area contributed by atoms with Gasteiger partial charge in [-0.25, -0.2) is 0 Å². The third-order valence-electron chi connectivity index (χ3n) is 3.91. The number of hydrogen-bond acceptors (Lipinski definition) is 3. The summed E-state index contributed by atoms with van der Waals surface area (Å²) in [6.45, 7) is 2.45. The van der Waals surface area contributed by atoms with Crippen molar-refractivity contribution >= 4 is 29.9 Å². The predicted molar refractivity (Wildman–Crippen MR) is 86.8 cm³/mol. The number of benzene rings is 1. The number of nitrogens with zero attached hydrogens (tertiary/aromatic N) is 1. The molecule has 0 aliphatic carbocycles. The van der Waals surface area contributed by atoms with Gasteiger partial charge in [0.15, 0.2) is 0 Å². The van der Waals surface area contributed by atoms with Crippen LogP contribution in [0, 0.1) is 0 Å². The molecule has 1 fully saturated rings. The molecule has 2 rings (SSSR count). The van der Waals surface area contributed by atoms with E-state index < -0.39 is 0 Å². The number of carbonyl (C=O) groups is 1. The van der Waals surface area contributed by atoms with Crippen LogP contribution < -0.4 is 5.73 Å². The number of halogens is 2. The van der Waals surface area contributed by atoms with Crippen molar-refractivity contribution in [3.05, 3.63) is 34.9 Å². The fourth-order valence-electron chi connectivity index (χ4n) is 2.47. The minimum atomic E-state index is -0.366. The van der Waals surface area contributed by atoms with Crippen LogP contribution in [0.2, 0.25) is 5.02 Å². The van der Waals surface area contributed by atoms with Crippen molar-refractivity contribution in [1.82, 2.24) is 4.90 Å². The zero-order chi connectivity index (χ0) is 14.7. The van der Waals surface area contributed by atoms with Crippen LogP contribution >= 0.6 is 24.0 Å². The molecule has 1 aromatic carbocycles. The molecule has 1 aliphatic heterocycles. The third-order valence-corrected chi connectivity index (χ3v) is 4.14. The summed E-state index contributed by atoms with van der Waals surface area (Å²) < 4.78 is 5.66. The van der Waals surface area contributed by atoms with Gasteiger partial charge in [-0.1, -0.05) is 23.7 Å². The molecule has 1 aromatic rings. The van der Waals surface area contributed by atoms with Gasteiger partial charge in [-0.15, -0.1) is 12.4 Å². The summed E-state index contributed by atoms with van der Waals surface area (Å²) in [4.78, 5) is 14.2. The maximum Gasteiger partial charge on any atom is 0.251 e.